The minimum Gasteiger partial charge on any atom is -0.396 e. The maximum atomic E-state index is 8.71. The van der Waals surface area contributed by atoms with E-state index in [1.165, 1.54) is 0 Å². The van der Waals surface area contributed by atoms with Crippen LogP contribution < -0.4 is 10.6 Å². The molecule has 0 aliphatic rings. The lowest BCUT2D eigenvalue weighted by Gasteiger charge is -2.21. The van der Waals surface area contributed by atoms with E-state index in [1.54, 1.807) is 12.4 Å². The second-order valence-electron chi connectivity index (χ2n) is 3.96. The van der Waals surface area contributed by atoms with Crippen molar-refractivity contribution in [3.63, 3.8) is 0 Å². The Morgan fingerprint density at radius 2 is 2.24 bits per heavy atom. The van der Waals surface area contributed by atoms with Crippen molar-refractivity contribution in [2.45, 2.75) is 19.3 Å². The quantitative estimate of drug-likeness (QED) is 0.567. The third-order valence-corrected chi connectivity index (χ3v) is 2.85. The molecule has 0 amide bonds. The van der Waals surface area contributed by atoms with Crippen molar-refractivity contribution < 1.29 is 5.11 Å². The first-order chi connectivity index (χ1) is 8.16. The Labute approximate surface area is 107 Å². The van der Waals surface area contributed by atoms with Gasteiger partial charge in [-0.3, -0.25) is 4.98 Å². The van der Waals surface area contributed by atoms with Crippen molar-refractivity contribution in [3.8, 4) is 0 Å². The SMILES string of the molecule is CN(CCCCCO)c1cnccc1C(N)=S. The van der Waals surface area contributed by atoms with Crippen LogP contribution in [0.5, 0.6) is 0 Å². The number of hydrogen-bond acceptors (Lipinski definition) is 4. The van der Waals surface area contributed by atoms with E-state index in [-0.39, 0.29) is 6.61 Å². The van der Waals surface area contributed by atoms with Gasteiger partial charge in [0.2, 0.25) is 0 Å². The first kappa shape index (κ1) is 13.9. The molecule has 1 aromatic heterocycles. The number of unbranched alkanes of at least 4 members (excludes halogenated alkanes) is 2. The number of aliphatic hydroxyl groups excluding tert-OH is 1. The lowest BCUT2D eigenvalue weighted by Crippen LogP contribution is -2.23. The highest BCUT2D eigenvalue weighted by Crippen LogP contribution is 2.18. The van der Waals surface area contributed by atoms with Crippen LogP contribution in [0.15, 0.2) is 18.5 Å². The number of nitrogens with two attached hydrogens (primary N) is 1. The zero-order valence-electron chi connectivity index (χ0n) is 10.1. The van der Waals surface area contributed by atoms with Crippen molar-refractivity contribution >= 4 is 22.9 Å². The van der Waals surface area contributed by atoms with E-state index in [0.29, 0.717) is 4.99 Å². The number of aliphatic hydroxyl groups is 1. The summed E-state index contributed by atoms with van der Waals surface area (Å²) in [5.41, 5.74) is 7.50. The van der Waals surface area contributed by atoms with Crippen LogP contribution in [0.3, 0.4) is 0 Å². The molecule has 3 N–H and O–H groups in total. The fourth-order valence-electron chi connectivity index (χ4n) is 1.66. The van der Waals surface area contributed by atoms with E-state index >= 15 is 0 Å². The Bertz CT molecular complexity index is 371. The smallest absolute Gasteiger partial charge is 0.106 e. The molecule has 0 aromatic carbocycles. The second kappa shape index (κ2) is 7.19. The van der Waals surface area contributed by atoms with Crippen molar-refractivity contribution in [2.24, 2.45) is 5.73 Å². The summed E-state index contributed by atoms with van der Waals surface area (Å²) < 4.78 is 0. The fourth-order valence-corrected chi connectivity index (χ4v) is 1.83. The van der Waals surface area contributed by atoms with Gasteiger partial charge in [-0.15, -0.1) is 0 Å². The Morgan fingerprint density at radius 3 is 2.88 bits per heavy atom. The molecule has 0 unspecified atom stereocenters. The maximum absolute atomic E-state index is 8.71. The van der Waals surface area contributed by atoms with Gasteiger partial charge in [-0.05, 0) is 25.3 Å². The molecule has 17 heavy (non-hydrogen) atoms. The van der Waals surface area contributed by atoms with Crippen LogP contribution in [-0.2, 0) is 0 Å². The largest absolute Gasteiger partial charge is 0.396 e. The van der Waals surface area contributed by atoms with Crippen LogP contribution in [0.4, 0.5) is 5.69 Å². The summed E-state index contributed by atoms with van der Waals surface area (Å²) in [6.07, 6.45) is 6.37. The molecule has 0 bridgehead atoms. The number of pyridine rings is 1. The number of hydrogen-bond donors (Lipinski definition) is 2. The summed E-state index contributed by atoms with van der Waals surface area (Å²) in [7, 11) is 2.00. The normalized spacial score (nSPS) is 10.2. The van der Waals surface area contributed by atoms with Crippen LogP contribution in [0.25, 0.3) is 0 Å². The molecule has 0 atom stereocenters. The van der Waals surface area contributed by atoms with Gasteiger partial charge < -0.3 is 15.7 Å². The van der Waals surface area contributed by atoms with E-state index < -0.39 is 0 Å². The molecular formula is C12H19N3OS. The molecule has 1 aromatic rings. The van der Waals surface area contributed by atoms with E-state index in [4.69, 9.17) is 23.1 Å². The predicted molar refractivity (Wildman–Crippen MR) is 74.3 cm³/mol. The first-order valence-corrected chi connectivity index (χ1v) is 6.13. The van der Waals surface area contributed by atoms with E-state index in [1.807, 2.05) is 13.1 Å². The number of thiocarbonyl (C=S) groups is 1. The van der Waals surface area contributed by atoms with Gasteiger partial charge in [-0.1, -0.05) is 12.2 Å². The Balaban J connectivity index is 2.62. The predicted octanol–water partition coefficient (Wildman–Crippen LogP) is 1.31. The molecule has 94 valence electrons. The third kappa shape index (κ3) is 4.28. The van der Waals surface area contributed by atoms with Gasteiger partial charge in [-0.25, -0.2) is 0 Å². The van der Waals surface area contributed by atoms with Crippen LogP contribution >= 0.6 is 12.2 Å². The fraction of sp³-hybridized carbons (Fsp3) is 0.500. The monoisotopic (exact) mass is 253 g/mol. The minimum absolute atomic E-state index is 0.259. The van der Waals surface area contributed by atoms with Crippen molar-refractivity contribution in [1.29, 1.82) is 0 Å². The van der Waals surface area contributed by atoms with Gasteiger partial charge in [-0.2, -0.15) is 0 Å². The number of rotatable bonds is 7. The van der Waals surface area contributed by atoms with Crippen LogP contribution in [0.2, 0.25) is 0 Å². The molecule has 1 rings (SSSR count). The molecular weight excluding hydrogens is 234 g/mol. The standard InChI is InChI=1S/C12H19N3OS/c1-15(7-3-2-4-8-16)11-9-14-6-5-10(11)12(13)17/h5-6,9,16H,2-4,7-8H2,1H3,(H2,13,17). The summed E-state index contributed by atoms with van der Waals surface area (Å²) >= 11 is 5.01. The van der Waals surface area contributed by atoms with Crippen molar-refractivity contribution in [1.82, 2.24) is 4.98 Å². The molecule has 0 saturated heterocycles. The Morgan fingerprint density at radius 1 is 1.47 bits per heavy atom. The molecule has 0 aliphatic carbocycles. The molecule has 0 saturated carbocycles. The zero-order chi connectivity index (χ0) is 12.7. The Kier molecular flexibility index (Phi) is 5.86. The number of anilines is 1. The topological polar surface area (TPSA) is 62.4 Å². The van der Waals surface area contributed by atoms with Gasteiger partial charge in [0.15, 0.2) is 0 Å². The molecule has 4 nitrogen and oxygen atoms in total. The van der Waals surface area contributed by atoms with E-state index in [9.17, 15) is 0 Å². The van der Waals surface area contributed by atoms with Crippen molar-refractivity contribution in [3.05, 3.63) is 24.0 Å². The van der Waals surface area contributed by atoms with Gasteiger partial charge in [0.25, 0.3) is 0 Å². The van der Waals surface area contributed by atoms with Gasteiger partial charge >= 0.3 is 0 Å². The van der Waals surface area contributed by atoms with Gasteiger partial charge in [0.1, 0.15) is 4.99 Å². The van der Waals surface area contributed by atoms with E-state index in [0.717, 1.165) is 37.1 Å². The summed E-state index contributed by atoms with van der Waals surface area (Å²) in [5, 5.41) is 8.71. The molecule has 5 heteroatoms. The maximum Gasteiger partial charge on any atom is 0.106 e. The minimum atomic E-state index is 0.259. The van der Waals surface area contributed by atoms with Crippen LogP contribution in [-0.4, -0.2) is 35.3 Å². The lowest BCUT2D eigenvalue weighted by atomic mass is 10.2. The summed E-state index contributed by atoms with van der Waals surface area (Å²) in [4.78, 5) is 6.59. The molecule has 1 heterocycles. The molecule has 0 aliphatic heterocycles. The van der Waals surface area contributed by atoms with Crippen LogP contribution in [0, 0.1) is 0 Å². The number of nitrogens with zero attached hydrogens (tertiary/aromatic N) is 2. The first-order valence-electron chi connectivity index (χ1n) is 5.72. The summed E-state index contributed by atoms with van der Waals surface area (Å²) in [6.45, 7) is 1.16. The zero-order valence-corrected chi connectivity index (χ0v) is 10.9. The van der Waals surface area contributed by atoms with E-state index in [2.05, 4.69) is 9.88 Å². The lowest BCUT2D eigenvalue weighted by molar-refractivity contribution is 0.283. The third-order valence-electron chi connectivity index (χ3n) is 2.63. The highest BCUT2D eigenvalue weighted by molar-refractivity contribution is 7.80. The average Bonchev–Trinajstić information content (AvgIpc) is 2.34. The highest BCUT2D eigenvalue weighted by Gasteiger charge is 2.08. The average molecular weight is 253 g/mol. The summed E-state index contributed by atoms with van der Waals surface area (Å²) in [6, 6.07) is 1.84. The van der Waals surface area contributed by atoms with Gasteiger partial charge in [0, 0.05) is 32.0 Å². The molecule has 0 radical (unpaired) electrons. The second-order valence-corrected chi connectivity index (χ2v) is 4.40. The highest BCUT2D eigenvalue weighted by atomic mass is 32.1. The number of aromatic nitrogens is 1. The van der Waals surface area contributed by atoms with Crippen LogP contribution in [0.1, 0.15) is 24.8 Å². The molecule has 0 fully saturated rings. The van der Waals surface area contributed by atoms with Gasteiger partial charge in [0.05, 0.1) is 11.9 Å². The Hall–Kier alpha value is -1.20. The van der Waals surface area contributed by atoms with Crippen molar-refractivity contribution in [2.75, 3.05) is 25.1 Å². The summed E-state index contributed by atoms with van der Waals surface area (Å²) in [5.74, 6) is 0. The molecule has 0 spiro atoms.